The molecule has 0 aliphatic rings. The molecule has 1 aromatic rings. The molecule has 1 radical (unpaired) electrons. The zero-order valence-electron chi connectivity index (χ0n) is 13.2. The van der Waals surface area contributed by atoms with E-state index < -0.39 is 16.5 Å². The van der Waals surface area contributed by atoms with Gasteiger partial charge in [-0.15, -0.1) is 23.7 Å². The molecular formula is C12H20ClCuLiN3Si2-. The van der Waals surface area contributed by atoms with Crippen molar-refractivity contribution >= 4 is 28.1 Å². The minimum atomic E-state index is -1.11. The van der Waals surface area contributed by atoms with E-state index in [0.717, 1.165) is 0 Å². The molecule has 1 heterocycles. The van der Waals surface area contributed by atoms with Crippen LogP contribution in [-0.2, 0) is 17.1 Å². The van der Waals surface area contributed by atoms with Crippen molar-refractivity contribution < 1.29 is 35.9 Å². The Balaban J connectivity index is -0.000000263. The maximum Gasteiger partial charge on any atom is 1.00 e. The molecule has 0 unspecified atom stereocenters. The van der Waals surface area contributed by atoms with E-state index in [1.807, 2.05) is 6.07 Å². The van der Waals surface area contributed by atoms with Crippen molar-refractivity contribution in [3.63, 3.8) is 0 Å². The average Bonchev–Trinajstić information content (AvgIpc) is 2.13. The van der Waals surface area contributed by atoms with Gasteiger partial charge in [0.1, 0.15) is 0 Å². The summed E-state index contributed by atoms with van der Waals surface area (Å²) >= 11 is 5.46. The number of halogens is 1. The van der Waals surface area contributed by atoms with Crippen LogP contribution in [0.25, 0.3) is 4.65 Å². The molecule has 0 aliphatic carbocycles. The Morgan fingerprint density at radius 1 is 1.20 bits per heavy atom. The fraction of sp³-hybridized carbons (Fsp3) is 0.500. The first kappa shape index (κ1) is 25.4. The minimum absolute atomic E-state index is 0. The van der Waals surface area contributed by atoms with Gasteiger partial charge in [-0.2, -0.15) is 0 Å². The predicted molar refractivity (Wildman–Crippen MR) is 82.8 cm³/mol. The molecule has 3 nitrogen and oxygen atoms in total. The van der Waals surface area contributed by atoms with Gasteiger partial charge in [0.05, 0.1) is 5.15 Å². The number of hydrogen-bond acceptors (Lipinski definition) is 2. The van der Waals surface area contributed by atoms with E-state index in [4.69, 9.17) is 21.5 Å². The molecule has 0 N–H and O–H groups in total. The van der Waals surface area contributed by atoms with Gasteiger partial charge in [-0.05, 0) is 11.6 Å². The molecule has 0 saturated carbocycles. The summed E-state index contributed by atoms with van der Waals surface area (Å²) in [6.45, 7) is 13.8. The smallest absolute Gasteiger partial charge is 0.668 e. The molecule has 1 aromatic heterocycles. The van der Waals surface area contributed by atoms with E-state index in [2.05, 4.69) is 50.3 Å². The molecular weight excluding hydrogens is 348 g/mol. The number of hydrogen-bond donors (Lipinski definition) is 0. The second-order valence-corrected chi connectivity index (χ2v) is 15.8. The van der Waals surface area contributed by atoms with Crippen molar-refractivity contribution in [2.24, 2.45) is 0 Å². The SMILES string of the molecule is C[Si](C)(C)[N-][Si](C)(C)C.N#Cc1[c-]ccnc1Cl.[Cu].[Li+]. The molecule has 0 aliphatic heterocycles. The first-order chi connectivity index (χ1) is 8.05. The zero-order valence-corrected chi connectivity index (χ0v) is 16.9. The van der Waals surface area contributed by atoms with Crippen LogP contribution in [0.4, 0.5) is 0 Å². The third kappa shape index (κ3) is 14.8. The number of aromatic nitrogens is 1. The van der Waals surface area contributed by atoms with Gasteiger partial charge in [0.25, 0.3) is 0 Å². The van der Waals surface area contributed by atoms with Gasteiger partial charge >= 0.3 is 18.9 Å². The van der Waals surface area contributed by atoms with Crippen molar-refractivity contribution in [3.8, 4) is 6.07 Å². The molecule has 0 saturated heterocycles. The summed E-state index contributed by atoms with van der Waals surface area (Å²) in [4.78, 5) is 3.66. The molecule has 0 atom stereocenters. The quantitative estimate of drug-likeness (QED) is 0.451. The van der Waals surface area contributed by atoms with Crippen LogP contribution in [0.1, 0.15) is 5.56 Å². The largest absolute Gasteiger partial charge is 1.00 e. The summed E-state index contributed by atoms with van der Waals surface area (Å²) < 4.78 is 4.82. The Bertz CT molecular complexity index is 416. The third-order valence-electron chi connectivity index (χ3n) is 1.48. The summed E-state index contributed by atoms with van der Waals surface area (Å²) in [5.41, 5.74) is 0.291. The first-order valence-corrected chi connectivity index (χ1v) is 13.0. The molecule has 20 heavy (non-hydrogen) atoms. The minimum Gasteiger partial charge on any atom is -0.668 e. The van der Waals surface area contributed by atoms with Gasteiger partial charge in [-0.25, -0.2) is 0 Å². The van der Waals surface area contributed by atoms with Gasteiger partial charge in [0.2, 0.25) is 0 Å². The van der Waals surface area contributed by atoms with E-state index >= 15 is 0 Å². The van der Waals surface area contributed by atoms with Crippen LogP contribution in [0.3, 0.4) is 0 Å². The Morgan fingerprint density at radius 3 is 1.85 bits per heavy atom. The summed E-state index contributed by atoms with van der Waals surface area (Å²) in [7, 11) is -2.21. The van der Waals surface area contributed by atoms with Crippen LogP contribution in [0.2, 0.25) is 44.4 Å². The predicted octanol–water partition coefficient (Wildman–Crippen LogP) is 1.44. The Morgan fingerprint density at radius 2 is 1.65 bits per heavy atom. The fourth-order valence-electron chi connectivity index (χ4n) is 1.43. The molecule has 0 amide bonds. The van der Waals surface area contributed by atoms with Crippen molar-refractivity contribution in [1.82, 2.24) is 4.98 Å². The summed E-state index contributed by atoms with van der Waals surface area (Å²) in [6.07, 6.45) is 1.49. The molecule has 0 fully saturated rings. The number of nitrogens with zero attached hydrogens (tertiary/aromatic N) is 3. The van der Waals surface area contributed by atoms with Crippen LogP contribution < -0.4 is 18.9 Å². The van der Waals surface area contributed by atoms with Crippen LogP contribution >= 0.6 is 11.6 Å². The molecule has 0 aromatic carbocycles. The average molecular weight is 368 g/mol. The monoisotopic (exact) mass is 367 g/mol. The van der Waals surface area contributed by atoms with E-state index in [1.165, 1.54) is 6.20 Å². The number of nitriles is 1. The summed E-state index contributed by atoms with van der Waals surface area (Å²) in [6, 6.07) is 6.02. The van der Waals surface area contributed by atoms with Gasteiger partial charge < -0.3 is 9.63 Å². The molecule has 111 valence electrons. The van der Waals surface area contributed by atoms with E-state index in [1.54, 1.807) is 6.07 Å². The second kappa shape index (κ2) is 11.1. The summed E-state index contributed by atoms with van der Waals surface area (Å²) in [5.74, 6) is 0. The van der Waals surface area contributed by atoms with Gasteiger partial charge in [-0.1, -0.05) is 61.9 Å². The number of pyridine rings is 1. The van der Waals surface area contributed by atoms with Crippen molar-refractivity contribution in [2.75, 3.05) is 0 Å². The standard InChI is InChI=1S/C6H2ClN2.C6H18NSi2.Cu.Li/c7-6-5(4-8)2-1-3-9-6;1-8(2,3)7-9(4,5)6;;/h1,3H;1-6H3;;/q2*-1;;+1. The summed E-state index contributed by atoms with van der Waals surface area (Å²) in [5, 5.41) is 8.52. The maximum atomic E-state index is 8.31. The van der Waals surface area contributed by atoms with Crippen molar-refractivity contribution in [2.45, 2.75) is 39.3 Å². The van der Waals surface area contributed by atoms with Gasteiger partial charge in [-0.3, -0.25) is 5.26 Å². The van der Waals surface area contributed by atoms with Gasteiger partial charge in [0.15, 0.2) is 0 Å². The Hall–Kier alpha value is 0.441. The van der Waals surface area contributed by atoms with Crippen molar-refractivity contribution in [1.29, 1.82) is 5.26 Å². The molecule has 1 rings (SSSR count). The Kier molecular flexibility index (Phi) is 14.1. The van der Waals surface area contributed by atoms with Crippen LogP contribution in [-0.4, -0.2) is 21.5 Å². The second-order valence-electron chi connectivity index (χ2n) is 5.82. The van der Waals surface area contributed by atoms with Crippen molar-refractivity contribution in [3.05, 3.63) is 33.7 Å². The first-order valence-electron chi connectivity index (χ1n) is 5.71. The Labute approximate surface area is 152 Å². The molecule has 0 bridgehead atoms. The van der Waals surface area contributed by atoms with E-state index in [9.17, 15) is 0 Å². The molecule has 8 heteroatoms. The fourth-order valence-corrected chi connectivity index (χ4v) is 9.64. The van der Waals surface area contributed by atoms with E-state index in [0.29, 0.717) is 5.56 Å². The van der Waals surface area contributed by atoms with Crippen LogP contribution in [0.15, 0.2) is 12.3 Å². The van der Waals surface area contributed by atoms with Gasteiger partial charge in [0, 0.05) is 17.1 Å². The molecule has 0 spiro atoms. The topological polar surface area (TPSA) is 50.8 Å². The van der Waals surface area contributed by atoms with Crippen LogP contribution in [0, 0.1) is 17.4 Å². The van der Waals surface area contributed by atoms with Crippen LogP contribution in [0.5, 0.6) is 0 Å². The normalized spacial score (nSPS) is 10.1. The third-order valence-corrected chi connectivity index (χ3v) is 7.13. The zero-order chi connectivity index (χ0) is 14.4. The van der Waals surface area contributed by atoms with E-state index in [-0.39, 0.29) is 41.1 Å². The maximum absolute atomic E-state index is 8.31. The number of rotatable bonds is 2.